The third-order valence-electron chi connectivity index (χ3n) is 2.43. The predicted molar refractivity (Wildman–Crippen MR) is 65.9 cm³/mol. The van der Waals surface area contributed by atoms with Crippen molar-refractivity contribution >= 4 is 17.0 Å². The summed E-state index contributed by atoms with van der Waals surface area (Å²) >= 11 is 0. The van der Waals surface area contributed by atoms with Gasteiger partial charge in [0.05, 0.1) is 18.3 Å². The van der Waals surface area contributed by atoms with Crippen molar-refractivity contribution in [3.63, 3.8) is 0 Å². The van der Waals surface area contributed by atoms with E-state index in [2.05, 4.69) is 25.5 Å². The van der Waals surface area contributed by atoms with E-state index in [1.165, 1.54) is 0 Å². The number of rotatable bonds is 3. The molecule has 1 N–H and O–H groups in total. The Bertz CT molecular complexity index is 679. The van der Waals surface area contributed by atoms with Crippen molar-refractivity contribution in [2.75, 3.05) is 5.32 Å². The fraction of sp³-hybridized carbons (Fsp3) is 0.167. The molecule has 0 atom stereocenters. The number of anilines is 1. The van der Waals surface area contributed by atoms with Crippen LogP contribution < -0.4 is 5.32 Å². The second-order valence-corrected chi connectivity index (χ2v) is 3.84. The molecule has 18 heavy (non-hydrogen) atoms. The SMILES string of the molecule is Cc1cnc(CNc2nnc3ccccc3n2)o1. The van der Waals surface area contributed by atoms with Crippen LogP contribution in [0.1, 0.15) is 11.7 Å². The topological polar surface area (TPSA) is 76.7 Å². The van der Waals surface area contributed by atoms with Crippen molar-refractivity contribution in [1.82, 2.24) is 20.2 Å². The lowest BCUT2D eigenvalue weighted by atomic mass is 10.3. The molecule has 0 saturated carbocycles. The van der Waals surface area contributed by atoms with Gasteiger partial charge >= 0.3 is 0 Å². The molecule has 3 aromatic rings. The first kappa shape index (κ1) is 10.6. The Labute approximate surface area is 103 Å². The Morgan fingerprint density at radius 1 is 1.17 bits per heavy atom. The molecule has 3 rings (SSSR count). The van der Waals surface area contributed by atoms with Crippen molar-refractivity contribution in [1.29, 1.82) is 0 Å². The predicted octanol–water partition coefficient (Wildman–Crippen LogP) is 1.93. The van der Waals surface area contributed by atoms with Crippen LogP contribution >= 0.6 is 0 Å². The molecule has 0 amide bonds. The van der Waals surface area contributed by atoms with Crippen LogP contribution in [0.15, 0.2) is 34.9 Å². The summed E-state index contributed by atoms with van der Waals surface area (Å²) in [5.41, 5.74) is 1.58. The van der Waals surface area contributed by atoms with E-state index in [9.17, 15) is 0 Å². The van der Waals surface area contributed by atoms with Crippen molar-refractivity contribution < 1.29 is 4.42 Å². The van der Waals surface area contributed by atoms with Crippen molar-refractivity contribution in [2.24, 2.45) is 0 Å². The number of nitrogens with one attached hydrogen (secondary N) is 1. The fourth-order valence-corrected chi connectivity index (χ4v) is 1.59. The molecule has 0 unspecified atom stereocenters. The minimum atomic E-state index is 0.438. The molecule has 0 radical (unpaired) electrons. The van der Waals surface area contributed by atoms with Gasteiger partial charge in [-0.05, 0) is 19.1 Å². The lowest BCUT2D eigenvalue weighted by Gasteiger charge is -2.01. The van der Waals surface area contributed by atoms with Crippen LogP contribution in [0.3, 0.4) is 0 Å². The van der Waals surface area contributed by atoms with Gasteiger partial charge in [0.15, 0.2) is 0 Å². The Morgan fingerprint density at radius 2 is 2.00 bits per heavy atom. The van der Waals surface area contributed by atoms with Crippen molar-refractivity contribution in [2.45, 2.75) is 13.5 Å². The van der Waals surface area contributed by atoms with Crippen LogP contribution in [0.25, 0.3) is 11.0 Å². The van der Waals surface area contributed by atoms with Crippen LogP contribution in [0.4, 0.5) is 5.95 Å². The molecule has 90 valence electrons. The highest BCUT2D eigenvalue weighted by molar-refractivity contribution is 5.73. The minimum absolute atomic E-state index is 0.438. The third kappa shape index (κ3) is 2.13. The zero-order chi connectivity index (χ0) is 12.4. The Hall–Kier alpha value is -2.50. The molecule has 1 aromatic carbocycles. The van der Waals surface area contributed by atoms with Gasteiger partial charge in [-0.3, -0.25) is 0 Å². The highest BCUT2D eigenvalue weighted by atomic mass is 16.4. The molecule has 0 bridgehead atoms. The molecule has 0 aliphatic heterocycles. The van der Waals surface area contributed by atoms with Gasteiger partial charge in [0.2, 0.25) is 11.8 Å². The smallest absolute Gasteiger partial charge is 0.243 e. The lowest BCUT2D eigenvalue weighted by molar-refractivity contribution is 0.478. The van der Waals surface area contributed by atoms with E-state index in [0.717, 1.165) is 16.8 Å². The largest absolute Gasteiger partial charge is 0.444 e. The van der Waals surface area contributed by atoms with Gasteiger partial charge in [-0.2, -0.15) is 0 Å². The molecule has 0 saturated heterocycles. The van der Waals surface area contributed by atoms with Gasteiger partial charge in [0, 0.05) is 0 Å². The summed E-state index contributed by atoms with van der Waals surface area (Å²) < 4.78 is 5.34. The third-order valence-corrected chi connectivity index (χ3v) is 2.43. The monoisotopic (exact) mass is 241 g/mol. The first-order valence-corrected chi connectivity index (χ1v) is 5.56. The molecule has 6 nitrogen and oxygen atoms in total. The maximum atomic E-state index is 5.34. The van der Waals surface area contributed by atoms with Crippen molar-refractivity contribution in [3.8, 4) is 0 Å². The lowest BCUT2D eigenvalue weighted by Crippen LogP contribution is -2.05. The molecular weight excluding hydrogens is 230 g/mol. The zero-order valence-corrected chi connectivity index (χ0v) is 9.79. The fourth-order valence-electron chi connectivity index (χ4n) is 1.59. The minimum Gasteiger partial charge on any atom is -0.444 e. The number of hydrogen-bond donors (Lipinski definition) is 1. The second kappa shape index (κ2) is 4.40. The van der Waals surface area contributed by atoms with Gasteiger partial charge in [0.25, 0.3) is 0 Å². The maximum Gasteiger partial charge on any atom is 0.243 e. The Morgan fingerprint density at radius 3 is 2.78 bits per heavy atom. The van der Waals surface area contributed by atoms with E-state index in [1.54, 1.807) is 6.20 Å². The van der Waals surface area contributed by atoms with E-state index in [1.807, 2.05) is 31.2 Å². The first-order chi connectivity index (χ1) is 8.81. The first-order valence-electron chi connectivity index (χ1n) is 5.56. The van der Waals surface area contributed by atoms with Gasteiger partial charge < -0.3 is 9.73 Å². The standard InChI is InChI=1S/C12H11N5O/c1-8-6-13-11(18-8)7-14-12-15-9-4-2-3-5-10(9)16-17-12/h2-6H,7H2,1H3,(H,14,15,17). The summed E-state index contributed by atoms with van der Waals surface area (Å²) in [6.45, 7) is 2.29. The van der Waals surface area contributed by atoms with Gasteiger partial charge in [0.1, 0.15) is 11.3 Å². The summed E-state index contributed by atoms with van der Waals surface area (Å²) in [5, 5.41) is 11.1. The number of oxazole rings is 1. The number of para-hydroxylation sites is 1. The molecule has 0 spiro atoms. The molecule has 2 heterocycles. The number of fused-ring (bicyclic) bond motifs is 1. The highest BCUT2D eigenvalue weighted by Gasteiger charge is 2.03. The van der Waals surface area contributed by atoms with Gasteiger partial charge in [-0.1, -0.05) is 12.1 Å². The van der Waals surface area contributed by atoms with Gasteiger partial charge in [-0.15, -0.1) is 10.2 Å². The average Bonchev–Trinajstić information content (AvgIpc) is 2.82. The van der Waals surface area contributed by atoms with E-state index >= 15 is 0 Å². The quantitative estimate of drug-likeness (QED) is 0.755. The number of aromatic nitrogens is 4. The van der Waals surface area contributed by atoms with E-state index in [0.29, 0.717) is 18.4 Å². The van der Waals surface area contributed by atoms with Crippen LogP contribution in [0, 0.1) is 6.92 Å². The zero-order valence-electron chi connectivity index (χ0n) is 9.79. The summed E-state index contributed by atoms with van der Waals surface area (Å²) in [6.07, 6.45) is 1.68. The van der Waals surface area contributed by atoms with E-state index in [-0.39, 0.29) is 0 Å². The van der Waals surface area contributed by atoms with Crippen molar-refractivity contribution in [3.05, 3.63) is 42.1 Å². The second-order valence-electron chi connectivity index (χ2n) is 3.84. The number of nitrogens with zero attached hydrogens (tertiary/aromatic N) is 4. The molecular formula is C12H11N5O. The Balaban J connectivity index is 1.78. The highest BCUT2D eigenvalue weighted by Crippen LogP contribution is 2.09. The molecule has 0 fully saturated rings. The number of aryl methyl sites for hydroxylation is 1. The summed E-state index contributed by atoms with van der Waals surface area (Å²) in [6, 6.07) is 7.58. The van der Waals surface area contributed by atoms with Crippen LogP contribution in [0.2, 0.25) is 0 Å². The molecule has 2 aromatic heterocycles. The molecule has 0 aliphatic carbocycles. The normalized spacial score (nSPS) is 10.7. The molecule has 6 heteroatoms. The number of hydrogen-bond acceptors (Lipinski definition) is 6. The average molecular weight is 241 g/mol. The maximum absolute atomic E-state index is 5.34. The summed E-state index contributed by atoms with van der Waals surface area (Å²) in [4.78, 5) is 8.43. The Kier molecular flexibility index (Phi) is 2.60. The summed E-state index contributed by atoms with van der Waals surface area (Å²) in [5.74, 6) is 1.85. The van der Waals surface area contributed by atoms with Crippen LogP contribution in [-0.2, 0) is 6.54 Å². The number of benzene rings is 1. The van der Waals surface area contributed by atoms with Gasteiger partial charge in [-0.25, -0.2) is 9.97 Å². The molecule has 0 aliphatic rings. The summed E-state index contributed by atoms with van der Waals surface area (Å²) in [7, 11) is 0. The van der Waals surface area contributed by atoms with Crippen LogP contribution in [-0.4, -0.2) is 20.2 Å². The van der Waals surface area contributed by atoms with E-state index < -0.39 is 0 Å². The van der Waals surface area contributed by atoms with Crippen LogP contribution in [0.5, 0.6) is 0 Å². The van der Waals surface area contributed by atoms with E-state index in [4.69, 9.17) is 4.42 Å².